The molecule has 3 aromatic rings. The van der Waals surface area contributed by atoms with Crippen molar-refractivity contribution >= 4 is 34.0 Å². The number of hydrogen-bond acceptors (Lipinski definition) is 5. The van der Waals surface area contributed by atoms with Gasteiger partial charge in [-0.3, -0.25) is 0 Å². The van der Waals surface area contributed by atoms with Crippen LogP contribution in [0.3, 0.4) is 0 Å². The van der Waals surface area contributed by atoms with E-state index in [9.17, 15) is 0 Å². The van der Waals surface area contributed by atoms with Crippen LogP contribution in [0.4, 0.5) is 11.5 Å². The van der Waals surface area contributed by atoms with Gasteiger partial charge in [0.2, 0.25) is 5.28 Å². The fourth-order valence-corrected chi connectivity index (χ4v) is 3.07. The standard InChI is InChI=1S/C20H22ClN3O2/c1-20(2,3)13-8-6-7-9-14(13)22-18-12-10-16(25-4)17(26-5)11-15(12)23-19(21)24-18/h6-11H,1-5H3,(H,22,23,24). The lowest BCUT2D eigenvalue weighted by molar-refractivity contribution is 0.356. The molecule has 136 valence electrons. The highest BCUT2D eigenvalue weighted by molar-refractivity contribution is 6.28. The topological polar surface area (TPSA) is 56.3 Å². The molecule has 1 N–H and O–H groups in total. The summed E-state index contributed by atoms with van der Waals surface area (Å²) >= 11 is 6.15. The van der Waals surface area contributed by atoms with Crippen molar-refractivity contribution in [3.05, 3.63) is 47.2 Å². The highest BCUT2D eigenvalue weighted by Gasteiger charge is 2.19. The molecule has 0 radical (unpaired) electrons. The quantitative estimate of drug-likeness (QED) is 0.627. The summed E-state index contributed by atoms with van der Waals surface area (Å²) < 4.78 is 10.8. The molecule has 0 bridgehead atoms. The highest BCUT2D eigenvalue weighted by atomic mass is 35.5. The lowest BCUT2D eigenvalue weighted by Crippen LogP contribution is -2.14. The molecule has 26 heavy (non-hydrogen) atoms. The normalized spacial score (nSPS) is 11.5. The van der Waals surface area contributed by atoms with E-state index in [0.717, 1.165) is 11.1 Å². The molecular weight excluding hydrogens is 350 g/mol. The van der Waals surface area contributed by atoms with Crippen molar-refractivity contribution in [3.63, 3.8) is 0 Å². The number of ether oxygens (including phenoxy) is 2. The second-order valence-electron chi connectivity index (χ2n) is 6.99. The third-order valence-corrected chi connectivity index (χ3v) is 4.33. The minimum absolute atomic E-state index is 0.0167. The third-order valence-electron chi connectivity index (χ3n) is 4.16. The summed E-state index contributed by atoms with van der Waals surface area (Å²) in [4.78, 5) is 8.71. The van der Waals surface area contributed by atoms with Gasteiger partial charge in [-0.15, -0.1) is 0 Å². The van der Waals surface area contributed by atoms with Gasteiger partial charge >= 0.3 is 0 Å². The smallest absolute Gasteiger partial charge is 0.224 e. The minimum atomic E-state index is -0.0167. The average molecular weight is 372 g/mol. The summed E-state index contributed by atoms with van der Waals surface area (Å²) in [5.41, 5.74) is 2.82. The number of para-hydroxylation sites is 1. The Labute approximate surface area is 158 Å². The maximum absolute atomic E-state index is 6.15. The van der Waals surface area contributed by atoms with Crippen molar-refractivity contribution in [1.82, 2.24) is 9.97 Å². The number of hydrogen-bond donors (Lipinski definition) is 1. The zero-order valence-corrected chi connectivity index (χ0v) is 16.3. The molecule has 0 unspecified atom stereocenters. The maximum atomic E-state index is 6.15. The first kappa shape index (κ1) is 18.3. The van der Waals surface area contributed by atoms with Gasteiger partial charge in [0.05, 0.1) is 19.7 Å². The Bertz CT molecular complexity index is 952. The van der Waals surface area contributed by atoms with Crippen molar-refractivity contribution in [2.75, 3.05) is 19.5 Å². The van der Waals surface area contributed by atoms with Gasteiger partial charge in [-0.05, 0) is 34.7 Å². The van der Waals surface area contributed by atoms with Gasteiger partial charge in [0.1, 0.15) is 5.82 Å². The van der Waals surface area contributed by atoms with E-state index in [0.29, 0.717) is 22.8 Å². The number of benzene rings is 2. The number of fused-ring (bicyclic) bond motifs is 1. The number of rotatable bonds is 4. The summed E-state index contributed by atoms with van der Waals surface area (Å²) in [5.74, 6) is 1.83. The zero-order valence-electron chi connectivity index (χ0n) is 15.6. The molecule has 0 saturated carbocycles. The van der Waals surface area contributed by atoms with Gasteiger partial charge in [-0.25, -0.2) is 4.98 Å². The molecule has 0 aliphatic heterocycles. The highest BCUT2D eigenvalue weighted by Crippen LogP contribution is 2.37. The number of methoxy groups -OCH3 is 2. The number of nitrogens with one attached hydrogen (secondary N) is 1. The van der Waals surface area contributed by atoms with Crippen LogP contribution in [0, 0.1) is 0 Å². The first-order chi connectivity index (χ1) is 12.3. The van der Waals surface area contributed by atoms with Gasteiger partial charge in [-0.2, -0.15) is 4.98 Å². The van der Waals surface area contributed by atoms with Crippen molar-refractivity contribution in [3.8, 4) is 11.5 Å². The predicted molar refractivity (Wildman–Crippen MR) is 106 cm³/mol. The van der Waals surface area contributed by atoms with E-state index in [1.54, 1.807) is 20.3 Å². The molecule has 3 rings (SSSR count). The van der Waals surface area contributed by atoms with Crippen LogP contribution >= 0.6 is 11.6 Å². The van der Waals surface area contributed by atoms with Gasteiger partial charge in [-0.1, -0.05) is 39.0 Å². The van der Waals surface area contributed by atoms with Crippen LogP contribution in [-0.2, 0) is 5.41 Å². The molecule has 1 aromatic heterocycles. The Morgan fingerprint density at radius 2 is 1.62 bits per heavy atom. The summed E-state index contributed by atoms with van der Waals surface area (Å²) in [6.07, 6.45) is 0. The fourth-order valence-electron chi connectivity index (χ4n) is 2.90. The molecule has 0 spiro atoms. The van der Waals surface area contributed by atoms with Crippen LogP contribution in [0.1, 0.15) is 26.3 Å². The molecule has 5 nitrogen and oxygen atoms in total. The molecule has 0 fully saturated rings. The monoisotopic (exact) mass is 371 g/mol. The molecule has 0 aliphatic carbocycles. The van der Waals surface area contributed by atoms with Gasteiger partial charge in [0.25, 0.3) is 0 Å². The van der Waals surface area contributed by atoms with Crippen molar-refractivity contribution in [1.29, 1.82) is 0 Å². The molecule has 6 heteroatoms. The lowest BCUT2D eigenvalue weighted by Gasteiger charge is -2.23. The summed E-state index contributed by atoms with van der Waals surface area (Å²) in [6.45, 7) is 6.52. The molecule has 0 atom stereocenters. The first-order valence-corrected chi connectivity index (χ1v) is 8.67. The number of nitrogens with zero attached hydrogens (tertiary/aromatic N) is 2. The van der Waals surface area contributed by atoms with Crippen LogP contribution < -0.4 is 14.8 Å². The number of aromatic nitrogens is 2. The van der Waals surface area contributed by atoms with Crippen molar-refractivity contribution in [2.45, 2.75) is 26.2 Å². The number of anilines is 2. The molecule has 1 heterocycles. The SMILES string of the molecule is COc1cc2nc(Cl)nc(Nc3ccccc3C(C)(C)C)c2cc1OC. The first-order valence-electron chi connectivity index (χ1n) is 8.29. The van der Waals surface area contributed by atoms with Crippen LogP contribution in [0.25, 0.3) is 10.9 Å². The Balaban J connectivity index is 2.17. The third kappa shape index (κ3) is 3.53. The van der Waals surface area contributed by atoms with E-state index < -0.39 is 0 Å². The average Bonchev–Trinajstić information content (AvgIpc) is 2.60. The van der Waals surface area contributed by atoms with Crippen LogP contribution in [-0.4, -0.2) is 24.2 Å². The van der Waals surface area contributed by atoms with Gasteiger partial charge in [0, 0.05) is 17.1 Å². The molecular formula is C20H22ClN3O2. The Hall–Kier alpha value is -2.53. The van der Waals surface area contributed by atoms with E-state index >= 15 is 0 Å². The minimum Gasteiger partial charge on any atom is -0.493 e. The second-order valence-corrected chi connectivity index (χ2v) is 7.32. The second kappa shape index (κ2) is 7.00. The largest absolute Gasteiger partial charge is 0.493 e. The summed E-state index contributed by atoms with van der Waals surface area (Å²) in [7, 11) is 3.19. The van der Waals surface area contributed by atoms with E-state index in [1.807, 2.05) is 24.3 Å². The lowest BCUT2D eigenvalue weighted by atomic mass is 9.86. The fraction of sp³-hybridized carbons (Fsp3) is 0.300. The Morgan fingerprint density at radius 3 is 2.27 bits per heavy atom. The Kier molecular flexibility index (Phi) is 4.92. The van der Waals surface area contributed by atoms with Crippen LogP contribution in [0.2, 0.25) is 5.28 Å². The number of halogens is 1. The summed E-state index contributed by atoms with van der Waals surface area (Å²) in [6, 6.07) is 11.8. The van der Waals surface area contributed by atoms with Gasteiger partial charge in [0.15, 0.2) is 11.5 Å². The predicted octanol–water partition coefficient (Wildman–Crippen LogP) is 5.34. The van der Waals surface area contributed by atoms with E-state index in [4.69, 9.17) is 21.1 Å². The van der Waals surface area contributed by atoms with Crippen LogP contribution in [0.15, 0.2) is 36.4 Å². The van der Waals surface area contributed by atoms with Crippen LogP contribution in [0.5, 0.6) is 11.5 Å². The Morgan fingerprint density at radius 1 is 0.962 bits per heavy atom. The molecule has 0 saturated heterocycles. The molecule has 0 aliphatic rings. The van der Waals surface area contributed by atoms with E-state index in [2.05, 4.69) is 42.1 Å². The van der Waals surface area contributed by atoms with Crippen molar-refractivity contribution in [2.24, 2.45) is 0 Å². The summed E-state index contributed by atoms with van der Waals surface area (Å²) in [5, 5.41) is 4.39. The zero-order chi connectivity index (χ0) is 18.9. The molecule has 2 aromatic carbocycles. The maximum Gasteiger partial charge on any atom is 0.224 e. The van der Waals surface area contributed by atoms with Crippen molar-refractivity contribution < 1.29 is 9.47 Å². The van der Waals surface area contributed by atoms with Gasteiger partial charge < -0.3 is 14.8 Å². The van der Waals surface area contributed by atoms with E-state index in [1.165, 1.54) is 5.56 Å². The van der Waals surface area contributed by atoms with E-state index in [-0.39, 0.29) is 10.7 Å². The molecule has 0 amide bonds.